The fourth-order valence-corrected chi connectivity index (χ4v) is 4.92. The second kappa shape index (κ2) is 5.83. The molecule has 0 aliphatic rings. The van der Waals surface area contributed by atoms with E-state index in [9.17, 15) is 13.0 Å². The number of allylic oxidation sites excluding steroid dienone is 1. The quantitative estimate of drug-likeness (QED) is 0.528. The van der Waals surface area contributed by atoms with Gasteiger partial charge in [0.25, 0.3) is 10.1 Å². The highest BCUT2D eigenvalue weighted by Crippen LogP contribution is 2.25. The Labute approximate surface area is 124 Å². The molecular formula is C15H22O3SSi. The van der Waals surface area contributed by atoms with E-state index in [0.29, 0.717) is 21.5 Å². The summed E-state index contributed by atoms with van der Waals surface area (Å²) in [6.45, 7) is 13.7. The minimum atomic E-state index is -4.24. The van der Waals surface area contributed by atoms with Gasteiger partial charge in [0.1, 0.15) is 0 Å². The second-order valence-corrected chi connectivity index (χ2v) is 9.63. The maximum Gasteiger partial charge on any atom is 0.294 e. The number of benzene rings is 1. The Kier molecular flexibility index (Phi) is 5.00. The van der Waals surface area contributed by atoms with Crippen LogP contribution in [0.4, 0.5) is 0 Å². The predicted molar refractivity (Wildman–Crippen MR) is 84.7 cm³/mol. The maximum absolute atomic E-state index is 11.8. The van der Waals surface area contributed by atoms with Crippen molar-refractivity contribution in [3.05, 3.63) is 35.4 Å². The van der Waals surface area contributed by atoms with Crippen LogP contribution < -0.4 is 5.19 Å². The molecule has 20 heavy (non-hydrogen) atoms. The van der Waals surface area contributed by atoms with Crippen molar-refractivity contribution in [2.75, 3.05) is 0 Å². The van der Waals surface area contributed by atoms with E-state index in [1.54, 1.807) is 6.08 Å². The summed E-state index contributed by atoms with van der Waals surface area (Å²) in [7, 11) is -3.93. The van der Waals surface area contributed by atoms with E-state index in [1.807, 2.05) is 19.9 Å². The van der Waals surface area contributed by atoms with E-state index in [4.69, 9.17) is 0 Å². The van der Waals surface area contributed by atoms with Crippen molar-refractivity contribution in [2.24, 2.45) is 0 Å². The van der Waals surface area contributed by atoms with Crippen LogP contribution in [0.25, 0.3) is 0 Å². The van der Waals surface area contributed by atoms with Crippen molar-refractivity contribution in [2.45, 2.75) is 51.0 Å². The van der Waals surface area contributed by atoms with E-state index in [1.165, 1.54) is 0 Å². The zero-order valence-electron chi connectivity index (χ0n) is 12.7. The van der Waals surface area contributed by atoms with Crippen LogP contribution in [0.15, 0.2) is 23.6 Å². The number of hydrogen-bond acceptors (Lipinski definition) is 2. The molecule has 0 fully saturated rings. The van der Waals surface area contributed by atoms with Gasteiger partial charge < -0.3 is 0 Å². The Morgan fingerprint density at radius 1 is 1.35 bits per heavy atom. The van der Waals surface area contributed by atoms with Crippen molar-refractivity contribution in [3.8, 4) is 0 Å². The van der Waals surface area contributed by atoms with Crippen molar-refractivity contribution in [3.63, 3.8) is 0 Å². The van der Waals surface area contributed by atoms with E-state index >= 15 is 0 Å². The first-order valence-corrected chi connectivity index (χ1v) is 8.91. The molecule has 110 valence electrons. The minimum absolute atomic E-state index is 0.0383. The van der Waals surface area contributed by atoms with Gasteiger partial charge in [-0.25, -0.2) is 0 Å². The first-order valence-electron chi connectivity index (χ1n) is 6.47. The molecule has 5 heteroatoms. The topological polar surface area (TPSA) is 54.4 Å². The molecule has 3 nitrogen and oxygen atoms in total. The number of rotatable bonds is 4. The third-order valence-corrected chi connectivity index (χ3v) is 5.79. The standard InChI is InChI=1S/C15H22O3SSi/c1-7-8-12-9-10(2)11(3)14(20-15(4,5)6)13(12)19(16,17)18/h7,9H,1,8H2,2-6H3,(H,16,17,18). The van der Waals surface area contributed by atoms with E-state index in [2.05, 4.69) is 27.4 Å². The fraction of sp³-hybridized carbons (Fsp3) is 0.467. The molecule has 0 heterocycles. The van der Waals surface area contributed by atoms with E-state index in [-0.39, 0.29) is 9.93 Å². The normalized spacial score (nSPS) is 12.5. The average Bonchev–Trinajstić information content (AvgIpc) is 2.21. The van der Waals surface area contributed by atoms with Crippen LogP contribution in [0, 0.1) is 13.8 Å². The Morgan fingerprint density at radius 3 is 2.30 bits per heavy atom. The van der Waals surface area contributed by atoms with Gasteiger partial charge in [0.15, 0.2) is 0 Å². The summed E-state index contributed by atoms with van der Waals surface area (Å²) in [4.78, 5) is 0.0776. The van der Waals surface area contributed by atoms with Gasteiger partial charge in [-0.3, -0.25) is 4.55 Å². The Morgan fingerprint density at radius 2 is 1.90 bits per heavy atom. The van der Waals surface area contributed by atoms with Crippen LogP contribution in [0.5, 0.6) is 0 Å². The fourth-order valence-electron chi connectivity index (χ4n) is 2.09. The third kappa shape index (κ3) is 4.04. The van der Waals surface area contributed by atoms with Crippen LogP contribution >= 0.6 is 0 Å². The average molecular weight is 310 g/mol. The monoisotopic (exact) mass is 310 g/mol. The molecule has 0 atom stereocenters. The SMILES string of the molecule is C=CCc1cc(C)c(C)c([Si]C(C)(C)C)c1S(=O)(=O)O. The van der Waals surface area contributed by atoms with Gasteiger partial charge in [-0.05, 0) is 47.2 Å². The summed E-state index contributed by atoms with van der Waals surface area (Å²) in [6, 6.07) is 1.83. The summed E-state index contributed by atoms with van der Waals surface area (Å²) in [5.41, 5.74) is 2.61. The van der Waals surface area contributed by atoms with Crippen LogP contribution in [0.1, 0.15) is 37.5 Å². The highest BCUT2D eigenvalue weighted by Gasteiger charge is 2.26. The van der Waals surface area contributed by atoms with Gasteiger partial charge in [-0.15, -0.1) is 6.58 Å². The molecule has 0 spiro atoms. The molecule has 2 radical (unpaired) electrons. The lowest BCUT2D eigenvalue weighted by Gasteiger charge is -2.23. The maximum atomic E-state index is 11.8. The molecule has 0 saturated heterocycles. The van der Waals surface area contributed by atoms with Crippen molar-refractivity contribution < 1.29 is 13.0 Å². The number of hydrogen-bond donors (Lipinski definition) is 1. The Bertz CT molecular complexity index is 625. The van der Waals surface area contributed by atoms with Crippen LogP contribution in [0.2, 0.25) is 5.04 Å². The summed E-state index contributed by atoms with van der Waals surface area (Å²) in [5, 5.41) is 0.709. The highest BCUT2D eigenvalue weighted by atomic mass is 32.2. The molecule has 0 aliphatic carbocycles. The zero-order valence-corrected chi connectivity index (χ0v) is 14.6. The summed E-state index contributed by atoms with van der Waals surface area (Å²) >= 11 is 0. The van der Waals surface area contributed by atoms with Gasteiger partial charge in [0.2, 0.25) is 0 Å². The second-order valence-electron chi connectivity index (χ2n) is 6.02. The van der Waals surface area contributed by atoms with Crippen molar-refractivity contribution >= 4 is 24.8 Å². The smallest absolute Gasteiger partial charge is 0.282 e. The molecule has 0 amide bonds. The van der Waals surface area contributed by atoms with E-state index < -0.39 is 10.1 Å². The lowest BCUT2D eigenvalue weighted by molar-refractivity contribution is 0.483. The zero-order chi connectivity index (χ0) is 15.7. The number of aryl methyl sites for hydroxylation is 1. The highest BCUT2D eigenvalue weighted by molar-refractivity contribution is 7.86. The molecular weight excluding hydrogens is 288 g/mol. The van der Waals surface area contributed by atoms with Crippen LogP contribution in [-0.4, -0.2) is 22.5 Å². The molecule has 1 rings (SSSR count). The largest absolute Gasteiger partial charge is 0.294 e. The predicted octanol–water partition coefficient (Wildman–Crippen LogP) is 2.83. The summed E-state index contributed by atoms with van der Waals surface area (Å²) in [5.74, 6) is 0. The first kappa shape index (κ1) is 17.1. The Balaban J connectivity index is 3.72. The molecule has 1 aromatic carbocycles. The summed E-state index contributed by atoms with van der Waals surface area (Å²) in [6.07, 6.45) is 2.08. The van der Waals surface area contributed by atoms with Gasteiger partial charge in [0, 0.05) is 0 Å². The van der Waals surface area contributed by atoms with Crippen LogP contribution in [-0.2, 0) is 16.5 Å². The minimum Gasteiger partial charge on any atom is -0.282 e. The third-order valence-electron chi connectivity index (χ3n) is 3.00. The lowest BCUT2D eigenvalue weighted by atomic mass is 10.0. The Hall–Kier alpha value is -0.913. The molecule has 0 aromatic heterocycles. The van der Waals surface area contributed by atoms with Crippen molar-refractivity contribution in [1.29, 1.82) is 0 Å². The molecule has 0 unspecified atom stereocenters. The van der Waals surface area contributed by atoms with E-state index in [0.717, 1.165) is 16.3 Å². The lowest BCUT2D eigenvalue weighted by Crippen LogP contribution is -2.32. The first-order chi connectivity index (χ1) is 8.97. The molecule has 1 N–H and O–H groups in total. The molecule has 0 aliphatic heterocycles. The van der Waals surface area contributed by atoms with Gasteiger partial charge >= 0.3 is 0 Å². The molecule has 0 saturated carbocycles. The van der Waals surface area contributed by atoms with Crippen LogP contribution in [0.3, 0.4) is 0 Å². The van der Waals surface area contributed by atoms with Gasteiger partial charge in [-0.2, -0.15) is 8.42 Å². The summed E-state index contributed by atoms with van der Waals surface area (Å²) < 4.78 is 33.3. The molecule has 0 bridgehead atoms. The van der Waals surface area contributed by atoms with Crippen molar-refractivity contribution in [1.82, 2.24) is 0 Å². The van der Waals surface area contributed by atoms with Gasteiger partial charge in [-0.1, -0.05) is 32.9 Å². The molecule has 1 aromatic rings. The van der Waals surface area contributed by atoms with Gasteiger partial charge in [0.05, 0.1) is 14.4 Å².